The predicted octanol–water partition coefficient (Wildman–Crippen LogP) is 2.91. The van der Waals surface area contributed by atoms with Crippen molar-refractivity contribution in [3.8, 4) is 0 Å². The number of carboxylic acid groups (broad SMARTS) is 1. The van der Waals surface area contributed by atoms with Crippen molar-refractivity contribution < 1.29 is 24.2 Å². The maximum Gasteiger partial charge on any atom is 0.410 e. The number of hydrogen-bond acceptors (Lipinski definition) is 4. The molecular formula is C17H25NO5. The summed E-state index contributed by atoms with van der Waals surface area (Å²) < 4.78 is 10.5. The van der Waals surface area contributed by atoms with Crippen molar-refractivity contribution in [1.29, 1.82) is 0 Å². The van der Waals surface area contributed by atoms with Gasteiger partial charge in [0.2, 0.25) is 0 Å². The SMILES string of the molecule is CCN(C(=O)OCc1ccccc1)C(CC(C)(C)OC)C(=O)O. The molecule has 1 unspecified atom stereocenters. The van der Waals surface area contributed by atoms with Gasteiger partial charge in [0.1, 0.15) is 12.6 Å². The Morgan fingerprint density at radius 2 is 1.87 bits per heavy atom. The number of methoxy groups -OCH3 is 1. The Balaban J connectivity index is 2.77. The zero-order chi connectivity index (χ0) is 17.5. The Morgan fingerprint density at radius 3 is 2.35 bits per heavy atom. The molecule has 1 amide bonds. The molecule has 6 nitrogen and oxygen atoms in total. The molecule has 0 saturated carbocycles. The number of nitrogens with zero attached hydrogens (tertiary/aromatic N) is 1. The second kappa shape index (κ2) is 8.53. The summed E-state index contributed by atoms with van der Waals surface area (Å²) in [5, 5.41) is 9.46. The quantitative estimate of drug-likeness (QED) is 0.796. The third kappa shape index (κ3) is 5.90. The van der Waals surface area contributed by atoms with E-state index in [1.807, 2.05) is 30.3 Å². The first-order valence-corrected chi connectivity index (χ1v) is 7.56. The number of carboxylic acids is 1. The van der Waals surface area contributed by atoms with E-state index in [0.29, 0.717) is 0 Å². The topological polar surface area (TPSA) is 76.1 Å². The van der Waals surface area contributed by atoms with E-state index in [2.05, 4.69) is 0 Å². The van der Waals surface area contributed by atoms with Gasteiger partial charge in [-0.2, -0.15) is 0 Å². The molecule has 0 fully saturated rings. The first kappa shape index (κ1) is 19.0. The summed E-state index contributed by atoms with van der Waals surface area (Å²) >= 11 is 0. The van der Waals surface area contributed by atoms with Crippen LogP contribution in [-0.4, -0.2) is 47.4 Å². The van der Waals surface area contributed by atoms with Crippen LogP contribution in [0.3, 0.4) is 0 Å². The van der Waals surface area contributed by atoms with Crippen LogP contribution < -0.4 is 0 Å². The molecular weight excluding hydrogens is 298 g/mol. The molecule has 0 aliphatic rings. The molecule has 1 rings (SSSR count). The number of amides is 1. The molecule has 0 radical (unpaired) electrons. The van der Waals surface area contributed by atoms with Gasteiger partial charge in [-0.05, 0) is 26.3 Å². The minimum atomic E-state index is -1.08. The highest BCUT2D eigenvalue weighted by molar-refractivity contribution is 5.80. The molecule has 1 aromatic carbocycles. The third-order valence-corrected chi connectivity index (χ3v) is 3.68. The van der Waals surface area contributed by atoms with Crippen molar-refractivity contribution in [2.24, 2.45) is 0 Å². The van der Waals surface area contributed by atoms with Crippen LogP contribution in [0.5, 0.6) is 0 Å². The lowest BCUT2D eigenvalue weighted by Crippen LogP contribution is -2.48. The van der Waals surface area contributed by atoms with E-state index in [1.165, 1.54) is 12.0 Å². The Morgan fingerprint density at radius 1 is 1.26 bits per heavy atom. The van der Waals surface area contributed by atoms with E-state index >= 15 is 0 Å². The standard InChI is InChI=1S/C17H25NO5/c1-5-18(14(15(19)20)11-17(2,3)22-4)16(21)23-12-13-9-7-6-8-10-13/h6-10,14H,5,11-12H2,1-4H3,(H,19,20). The van der Waals surface area contributed by atoms with Gasteiger partial charge in [0.05, 0.1) is 5.60 Å². The van der Waals surface area contributed by atoms with Crippen molar-refractivity contribution in [3.63, 3.8) is 0 Å². The molecule has 0 heterocycles. The number of ether oxygens (including phenoxy) is 2. The first-order chi connectivity index (χ1) is 10.8. The number of hydrogen-bond donors (Lipinski definition) is 1. The van der Waals surface area contributed by atoms with Crippen LogP contribution in [0.25, 0.3) is 0 Å². The fraction of sp³-hybridized carbons (Fsp3) is 0.529. The summed E-state index contributed by atoms with van der Waals surface area (Å²) in [6.45, 7) is 5.64. The van der Waals surface area contributed by atoms with E-state index < -0.39 is 23.7 Å². The maximum atomic E-state index is 12.3. The second-order valence-electron chi connectivity index (χ2n) is 5.85. The van der Waals surface area contributed by atoms with Gasteiger partial charge in [-0.3, -0.25) is 4.90 Å². The molecule has 1 atom stereocenters. The zero-order valence-electron chi connectivity index (χ0n) is 14.1. The van der Waals surface area contributed by atoms with Crippen LogP contribution in [-0.2, 0) is 20.9 Å². The number of benzene rings is 1. The molecule has 23 heavy (non-hydrogen) atoms. The smallest absolute Gasteiger partial charge is 0.410 e. The van der Waals surface area contributed by atoms with Crippen LogP contribution in [0.1, 0.15) is 32.8 Å². The van der Waals surface area contributed by atoms with Crippen LogP contribution >= 0.6 is 0 Å². The first-order valence-electron chi connectivity index (χ1n) is 7.56. The van der Waals surface area contributed by atoms with Gasteiger partial charge in [0.25, 0.3) is 0 Å². The third-order valence-electron chi connectivity index (χ3n) is 3.68. The average Bonchev–Trinajstić information content (AvgIpc) is 2.53. The number of carbonyl (C=O) groups excluding carboxylic acids is 1. The van der Waals surface area contributed by atoms with Crippen molar-refractivity contribution in [3.05, 3.63) is 35.9 Å². The molecule has 0 saturated heterocycles. The summed E-state index contributed by atoms with van der Waals surface area (Å²) in [5.74, 6) is -1.08. The van der Waals surface area contributed by atoms with Gasteiger partial charge in [0, 0.05) is 20.1 Å². The average molecular weight is 323 g/mol. The molecule has 0 aliphatic carbocycles. The number of rotatable bonds is 8. The highest BCUT2D eigenvalue weighted by atomic mass is 16.6. The van der Waals surface area contributed by atoms with Gasteiger partial charge < -0.3 is 14.6 Å². The molecule has 128 valence electrons. The fourth-order valence-electron chi connectivity index (χ4n) is 2.16. The van der Waals surface area contributed by atoms with Crippen molar-refractivity contribution >= 4 is 12.1 Å². The van der Waals surface area contributed by atoms with E-state index in [0.717, 1.165) is 5.56 Å². The fourth-order valence-corrected chi connectivity index (χ4v) is 2.16. The van der Waals surface area contributed by atoms with Gasteiger partial charge in [-0.1, -0.05) is 30.3 Å². The van der Waals surface area contributed by atoms with Crippen molar-refractivity contribution in [2.45, 2.75) is 45.4 Å². The van der Waals surface area contributed by atoms with Gasteiger partial charge in [-0.25, -0.2) is 9.59 Å². The van der Waals surface area contributed by atoms with Gasteiger partial charge >= 0.3 is 12.1 Å². The summed E-state index contributed by atoms with van der Waals surface area (Å²) in [6, 6.07) is 8.25. The van der Waals surface area contributed by atoms with Crippen LogP contribution in [0.15, 0.2) is 30.3 Å². The lowest BCUT2D eigenvalue weighted by atomic mass is 9.98. The molecule has 1 N–H and O–H groups in total. The Labute approximate surface area is 137 Å². The maximum absolute atomic E-state index is 12.3. The summed E-state index contributed by atoms with van der Waals surface area (Å²) in [4.78, 5) is 25.0. The van der Waals surface area contributed by atoms with Crippen LogP contribution in [0.4, 0.5) is 4.79 Å². The number of carbonyl (C=O) groups is 2. The minimum absolute atomic E-state index is 0.107. The Bertz CT molecular complexity index is 515. The number of aliphatic carboxylic acids is 1. The predicted molar refractivity (Wildman–Crippen MR) is 86.1 cm³/mol. The lowest BCUT2D eigenvalue weighted by molar-refractivity contribution is -0.145. The highest BCUT2D eigenvalue weighted by Crippen LogP contribution is 2.20. The minimum Gasteiger partial charge on any atom is -0.480 e. The zero-order valence-corrected chi connectivity index (χ0v) is 14.1. The molecule has 0 aromatic heterocycles. The Kier molecular flexibility index (Phi) is 7.03. The van der Waals surface area contributed by atoms with Crippen LogP contribution in [0.2, 0.25) is 0 Å². The molecule has 0 aliphatic heterocycles. The van der Waals surface area contributed by atoms with Crippen molar-refractivity contribution in [1.82, 2.24) is 4.90 Å². The normalized spacial score (nSPS) is 12.5. The van der Waals surface area contributed by atoms with E-state index in [-0.39, 0.29) is 19.6 Å². The Hall–Kier alpha value is -2.08. The summed E-state index contributed by atoms with van der Waals surface area (Å²) in [7, 11) is 1.52. The summed E-state index contributed by atoms with van der Waals surface area (Å²) in [5.41, 5.74) is 0.192. The molecule has 0 spiro atoms. The van der Waals surface area contributed by atoms with Gasteiger partial charge in [-0.15, -0.1) is 0 Å². The summed E-state index contributed by atoms with van der Waals surface area (Å²) in [6.07, 6.45) is -0.469. The second-order valence-corrected chi connectivity index (χ2v) is 5.85. The van der Waals surface area contributed by atoms with E-state index in [1.54, 1.807) is 20.8 Å². The lowest BCUT2D eigenvalue weighted by Gasteiger charge is -2.32. The molecule has 0 bridgehead atoms. The van der Waals surface area contributed by atoms with E-state index in [9.17, 15) is 14.7 Å². The van der Waals surface area contributed by atoms with Gasteiger partial charge in [0.15, 0.2) is 0 Å². The molecule has 1 aromatic rings. The van der Waals surface area contributed by atoms with Crippen LogP contribution in [0, 0.1) is 0 Å². The molecule has 6 heteroatoms. The largest absolute Gasteiger partial charge is 0.480 e. The van der Waals surface area contributed by atoms with E-state index in [4.69, 9.17) is 9.47 Å². The number of likely N-dealkylation sites (N-methyl/N-ethyl adjacent to an activating group) is 1. The van der Waals surface area contributed by atoms with Crippen molar-refractivity contribution in [2.75, 3.05) is 13.7 Å². The highest BCUT2D eigenvalue weighted by Gasteiger charge is 2.35. The monoisotopic (exact) mass is 323 g/mol.